The van der Waals surface area contributed by atoms with E-state index in [0.717, 1.165) is 12.8 Å². The Kier molecular flexibility index (Phi) is 9.51. The summed E-state index contributed by atoms with van der Waals surface area (Å²) < 4.78 is 2.41. The summed E-state index contributed by atoms with van der Waals surface area (Å²) in [6.07, 6.45) is 18.1. The van der Waals surface area contributed by atoms with Gasteiger partial charge in [0.15, 0.2) is 0 Å². The molecule has 0 amide bonds. The topological polar surface area (TPSA) is 8.17 Å². The zero-order valence-electron chi connectivity index (χ0n) is 36.0. The molecule has 0 radical (unpaired) electrons. The number of hydrogen-bond donors (Lipinski definition) is 0. The van der Waals surface area contributed by atoms with Crippen LogP contribution in [0.5, 0.6) is 0 Å². The zero-order valence-corrected chi connectivity index (χ0v) is 36.0. The van der Waals surface area contributed by atoms with Gasteiger partial charge in [0, 0.05) is 49.8 Å². The third kappa shape index (κ3) is 6.41. The van der Waals surface area contributed by atoms with E-state index in [0.29, 0.717) is 0 Å². The molecule has 1 aromatic heterocycles. The van der Waals surface area contributed by atoms with Crippen molar-refractivity contribution in [3.8, 4) is 16.8 Å². The zero-order chi connectivity index (χ0) is 41.1. The minimum Gasteiger partial charge on any atom is -0.311 e. The number of para-hydroxylation sites is 1. The molecule has 2 atom stereocenters. The Morgan fingerprint density at radius 2 is 1.24 bits per heavy atom. The molecule has 0 saturated carbocycles. The second-order valence-electron chi connectivity index (χ2n) is 17.7. The lowest BCUT2D eigenvalue weighted by molar-refractivity contribution is 0.596. The van der Waals surface area contributed by atoms with Crippen LogP contribution in [-0.4, -0.2) is 4.57 Å². The molecule has 3 aliphatic rings. The third-order valence-electron chi connectivity index (χ3n) is 13.4. The van der Waals surface area contributed by atoms with Crippen molar-refractivity contribution in [3.05, 3.63) is 209 Å². The number of rotatable bonds is 6. The Hall–Kier alpha value is -6.12. The van der Waals surface area contributed by atoms with Crippen molar-refractivity contribution < 1.29 is 0 Å². The second kappa shape index (κ2) is 14.6. The van der Waals surface area contributed by atoms with E-state index in [1.165, 1.54) is 89.1 Å². The fraction of sp³-hybridized carbons (Fsp3) is 0.228. The Balaban J connectivity index is 0.00000221. The van der Waals surface area contributed by atoms with Gasteiger partial charge in [0.25, 0.3) is 0 Å². The van der Waals surface area contributed by atoms with Crippen LogP contribution in [0.25, 0.3) is 38.6 Å². The van der Waals surface area contributed by atoms with Crippen LogP contribution in [0.4, 0.5) is 11.4 Å². The molecule has 59 heavy (non-hydrogen) atoms. The van der Waals surface area contributed by atoms with Crippen molar-refractivity contribution in [2.24, 2.45) is 0 Å². The Morgan fingerprint density at radius 3 is 1.97 bits per heavy atom. The van der Waals surface area contributed by atoms with Crippen molar-refractivity contribution in [2.45, 2.75) is 84.5 Å². The van der Waals surface area contributed by atoms with E-state index in [-0.39, 0.29) is 16.2 Å². The largest absolute Gasteiger partial charge is 0.311 e. The Morgan fingerprint density at radius 1 is 0.542 bits per heavy atom. The maximum absolute atomic E-state index is 2.47. The highest BCUT2D eigenvalue weighted by Gasteiger charge is 2.36. The first-order valence-corrected chi connectivity index (χ1v) is 21.5. The van der Waals surface area contributed by atoms with Gasteiger partial charge in [-0.2, -0.15) is 0 Å². The van der Waals surface area contributed by atoms with E-state index in [1.807, 2.05) is 13.8 Å². The first-order chi connectivity index (χ1) is 28.5. The first-order valence-electron chi connectivity index (χ1n) is 21.5. The SMILES string of the molecule is CC.Cc1ccc(-n2c3ccccc3c3cc(C4(C)C=CC(N(c5ccc(C6(C)C=CC=CC6)cc5)c5ccc6c(c5)C(C)(C)c5ccc(C)cc5-6)=CC4)ccc32)cc1. The van der Waals surface area contributed by atoms with Gasteiger partial charge in [-0.1, -0.05) is 162 Å². The highest BCUT2D eigenvalue weighted by molar-refractivity contribution is 6.09. The summed E-state index contributed by atoms with van der Waals surface area (Å²) in [5, 5.41) is 2.58. The van der Waals surface area contributed by atoms with E-state index in [1.54, 1.807) is 0 Å². The summed E-state index contributed by atoms with van der Waals surface area (Å²) in [6.45, 7) is 17.8. The summed E-state index contributed by atoms with van der Waals surface area (Å²) in [6, 6.07) is 48.2. The Labute approximate surface area is 351 Å². The minimum atomic E-state index is -0.158. The standard InChI is InChI=1S/C55H50N2.C2H6/c1-37-14-20-42(21-15-37)57-51-13-9-8-12-46(51)48-35-40(19-27-52(48)57)55(6)32-28-43(29-33-55)56(41-22-17-39(18-23-41)54(5)30-10-7-11-31-54)44-24-25-45-47-34-38(2)16-26-49(47)53(3,4)50(45)36-44;1-2/h7-30,32,34-36H,31,33H2,1-6H3;1-2H3. The smallest absolute Gasteiger partial charge is 0.0541 e. The monoisotopic (exact) mass is 768 g/mol. The summed E-state index contributed by atoms with van der Waals surface area (Å²) in [7, 11) is 0. The van der Waals surface area contributed by atoms with E-state index in [9.17, 15) is 0 Å². The van der Waals surface area contributed by atoms with Crippen molar-refractivity contribution in [1.82, 2.24) is 4.57 Å². The van der Waals surface area contributed by atoms with Crippen LogP contribution >= 0.6 is 0 Å². The predicted octanol–water partition coefficient (Wildman–Crippen LogP) is 15.4. The number of anilines is 2. The van der Waals surface area contributed by atoms with Crippen molar-refractivity contribution in [2.75, 3.05) is 4.90 Å². The molecule has 10 rings (SSSR count). The van der Waals surface area contributed by atoms with Crippen molar-refractivity contribution >= 4 is 33.2 Å². The molecule has 0 fully saturated rings. The molecule has 0 saturated heterocycles. The van der Waals surface area contributed by atoms with Gasteiger partial charge in [0.1, 0.15) is 0 Å². The van der Waals surface area contributed by atoms with Crippen LogP contribution in [0.1, 0.15) is 87.8 Å². The fourth-order valence-electron chi connectivity index (χ4n) is 9.78. The third-order valence-corrected chi connectivity index (χ3v) is 13.4. The van der Waals surface area contributed by atoms with Gasteiger partial charge in [-0.15, -0.1) is 0 Å². The number of nitrogens with zero attached hydrogens (tertiary/aromatic N) is 2. The van der Waals surface area contributed by atoms with Gasteiger partial charge < -0.3 is 9.47 Å². The van der Waals surface area contributed by atoms with Gasteiger partial charge in [-0.25, -0.2) is 0 Å². The quantitative estimate of drug-likeness (QED) is 0.164. The molecule has 294 valence electrons. The lowest BCUT2D eigenvalue weighted by Gasteiger charge is -2.34. The highest BCUT2D eigenvalue weighted by atomic mass is 15.1. The highest BCUT2D eigenvalue weighted by Crippen LogP contribution is 2.51. The maximum atomic E-state index is 2.47. The van der Waals surface area contributed by atoms with Crippen LogP contribution < -0.4 is 4.90 Å². The lowest BCUT2D eigenvalue weighted by Crippen LogP contribution is -2.25. The lowest BCUT2D eigenvalue weighted by atomic mass is 9.76. The molecule has 0 aliphatic heterocycles. The Bertz CT molecular complexity index is 2860. The molecule has 2 nitrogen and oxygen atoms in total. The number of allylic oxidation sites excluding steroid dienone is 7. The summed E-state index contributed by atoms with van der Waals surface area (Å²) in [5.74, 6) is 0. The van der Waals surface area contributed by atoms with Gasteiger partial charge in [0.05, 0.1) is 11.0 Å². The number of aryl methyl sites for hydroxylation is 2. The summed E-state index contributed by atoms with van der Waals surface area (Å²) >= 11 is 0. The minimum absolute atomic E-state index is 0.00102. The molecule has 2 unspecified atom stereocenters. The normalized spacial score (nSPS) is 19.9. The molecule has 7 aromatic rings. The molecule has 0 bridgehead atoms. The van der Waals surface area contributed by atoms with Crippen LogP contribution in [0.2, 0.25) is 0 Å². The molecule has 2 heteroatoms. The van der Waals surface area contributed by atoms with Gasteiger partial charge >= 0.3 is 0 Å². The van der Waals surface area contributed by atoms with E-state index >= 15 is 0 Å². The summed E-state index contributed by atoms with van der Waals surface area (Å²) in [4.78, 5) is 2.47. The molecule has 3 aliphatic carbocycles. The van der Waals surface area contributed by atoms with Crippen molar-refractivity contribution in [3.63, 3.8) is 0 Å². The molecular weight excluding hydrogens is 713 g/mol. The molecule has 6 aromatic carbocycles. The summed E-state index contributed by atoms with van der Waals surface area (Å²) in [5.41, 5.74) is 17.7. The number of fused-ring (bicyclic) bond motifs is 6. The predicted molar refractivity (Wildman–Crippen MR) is 254 cm³/mol. The average Bonchev–Trinajstić information content (AvgIpc) is 3.70. The van der Waals surface area contributed by atoms with E-state index < -0.39 is 0 Å². The van der Waals surface area contributed by atoms with Crippen LogP contribution in [0.3, 0.4) is 0 Å². The van der Waals surface area contributed by atoms with E-state index in [2.05, 4.69) is 221 Å². The molecule has 0 N–H and O–H groups in total. The van der Waals surface area contributed by atoms with Crippen LogP contribution in [0, 0.1) is 13.8 Å². The number of aromatic nitrogens is 1. The number of hydrogen-bond acceptors (Lipinski definition) is 1. The molecule has 0 spiro atoms. The molecular formula is C57H56N2. The number of benzene rings is 6. The molecule has 1 heterocycles. The first kappa shape index (κ1) is 38.4. The van der Waals surface area contributed by atoms with Gasteiger partial charge in [0.2, 0.25) is 0 Å². The van der Waals surface area contributed by atoms with Gasteiger partial charge in [-0.3, -0.25) is 0 Å². The van der Waals surface area contributed by atoms with Gasteiger partial charge in [-0.05, 0) is 121 Å². The van der Waals surface area contributed by atoms with Crippen LogP contribution in [0.15, 0.2) is 176 Å². The van der Waals surface area contributed by atoms with Crippen molar-refractivity contribution in [1.29, 1.82) is 0 Å². The average molecular weight is 769 g/mol. The van der Waals surface area contributed by atoms with Crippen LogP contribution in [-0.2, 0) is 16.2 Å². The maximum Gasteiger partial charge on any atom is 0.0541 e. The second-order valence-corrected chi connectivity index (χ2v) is 17.7. The fourth-order valence-corrected chi connectivity index (χ4v) is 9.78. The van der Waals surface area contributed by atoms with E-state index in [4.69, 9.17) is 0 Å².